The van der Waals surface area contributed by atoms with Crippen LogP contribution in [-0.2, 0) is 0 Å². The first-order valence-electron chi connectivity index (χ1n) is 6.66. The first kappa shape index (κ1) is 14.2. The fraction of sp³-hybridized carbons (Fsp3) is 0.250. The Labute approximate surface area is 131 Å². The Morgan fingerprint density at radius 2 is 2.00 bits per heavy atom. The van der Waals surface area contributed by atoms with Crippen molar-refractivity contribution < 1.29 is 14.2 Å². The lowest BCUT2D eigenvalue weighted by molar-refractivity contribution is 0.0715. The second kappa shape index (κ2) is 5.95. The average molecular weight is 350 g/mol. The SMILES string of the molecule is COc1ccc(Br)cc1C(N)C1COc2ccccc2O1. The highest BCUT2D eigenvalue weighted by Crippen LogP contribution is 2.36. The number of halogens is 1. The van der Waals surface area contributed by atoms with Crippen LogP contribution in [0.25, 0.3) is 0 Å². The highest BCUT2D eigenvalue weighted by Gasteiger charge is 2.29. The third kappa shape index (κ3) is 2.84. The number of rotatable bonds is 3. The van der Waals surface area contributed by atoms with Gasteiger partial charge in [0.15, 0.2) is 17.6 Å². The van der Waals surface area contributed by atoms with Crippen LogP contribution in [0.3, 0.4) is 0 Å². The van der Waals surface area contributed by atoms with Crippen LogP contribution in [-0.4, -0.2) is 19.8 Å². The van der Waals surface area contributed by atoms with Crippen molar-refractivity contribution >= 4 is 15.9 Å². The van der Waals surface area contributed by atoms with Crippen LogP contribution in [0, 0.1) is 0 Å². The Morgan fingerprint density at radius 1 is 1.24 bits per heavy atom. The summed E-state index contributed by atoms with van der Waals surface area (Å²) in [5, 5.41) is 0. The largest absolute Gasteiger partial charge is 0.496 e. The summed E-state index contributed by atoms with van der Waals surface area (Å²) in [7, 11) is 1.63. The van der Waals surface area contributed by atoms with Gasteiger partial charge >= 0.3 is 0 Å². The minimum absolute atomic E-state index is 0.261. The lowest BCUT2D eigenvalue weighted by Crippen LogP contribution is -2.39. The zero-order chi connectivity index (χ0) is 14.8. The van der Waals surface area contributed by atoms with E-state index in [-0.39, 0.29) is 12.1 Å². The number of fused-ring (bicyclic) bond motifs is 1. The minimum Gasteiger partial charge on any atom is -0.496 e. The number of methoxy groups -OCH3 is 1. The lowest BCUT2D eigenvalue weighted by atomic mass is 10.0. The summed E-state index contributed by atoms with van der Waals surface area (Å²) < 4.78 is 18.0. The molecule has 0 fully saturated rings. The number of hydrogen-bond donors (Lipinski definition) is 1. The van der Waals surface area contributed by atoms with Gasteiger partial charge in [0.1, 0.15) is 12.4 Å². The molecule has 1 aliphatic rings. The number of nitrogens with two attached hydrogens (primary N) is 1. The van der Waals surface area contributed by atoms with E-state index in [4.69, 9.17) is 19.9 Å². The molecule has 2 atom stereocenters. The normalized spacial score (nSPS) is 18.1. The summed E-state index contributed by atoms with van der Waals surface area (Å²) in [5.74, 6) is 2.22. The molecule has 1 aliphatic heterocycles. The van der Waals surface area contributed by atoms with E-state index in [2.05, 4.69) is 15.9 Å². The molecule has 0 radical (unpaired) electrons. The number of ether oxygens (including phenoxy) is 3. The van der Waals surface area contributed by atoms with Gasteiger partial charge < -0.3 is 19.9 Å². The third-order valence-electron chi connectivity index (χ3n) is 3.48. The van der Waals surface area contributed by atoms with Crippen molar-refractivity contribution in [2.45, 2.75) is 12.1 Å². The van der Waals surface area contributed by atoms with E-state index < -0.39 is 0 Å². The van der Waals surface area contributed by atoms with Crippen LogP contribution in [0.5, 0.6) is 17.2 Å². The topological polar surface area (TPSA) is 53.7 Å². The Hall–Kier alpha value is -1.72. The van der Waals surface area contributed by atoms with Gasteiger partial charge in [0.05, 0.1) is 13.2 Å². The summed E-state index contributed by atoms with van der Waals surface area (Å²) in [6, 6.07) is 13.0. The fourth-order valence-electron chi connectivity index (χ4n) is 2.38. The first-order valence-corrected chi connectivity index (χ1v) is 7.46. The van der Waals surface area contributed by atoms with E-state index in [0.717, 1.165) is 27.3 Å². The molecule has 0 bridgehead atoms. The molecule has 4 nitrogen and oxygen atoms in total. The van der Waals surface area contributed by atoms with E-state index >= 15 is 0 Å². The summed E-state index contributed by atoms with van der Waals surface area (Å²) >= 11 is 3.46. The van der Waals surface area contributed by atoms with E-state index in [1.54, 1.807) is 7.11 Å². The fourth-order valence-corrected chi connectivity index (χ4v) is 2.76. The quantitative estimate of drug-likeness (QED) is 0.923. The van der Waals surface area contributed by atoms with E-state index in [0.29, 0.717) is 6.61 Å². The molecule has 21 heavy (non-hydrogen) atoms. The number of benzene rings is 2. The van der Waals surface area contributed by atoms with Crippen LogP contribution in [0.4, 0.5) is 0 Å². The molecule has 1 heterocycles. The van der Waals surface area contributed by atoms with Crippen molar-refractivity contribution in [3.05, 3.63) is 52.5 Å². The highest BCUT2D eigenvalue weighted by atomic mass is 79.9. The molecule has 3 rings (SSSR count). The maximum absolute atomic E-state index is 6.37. The van der Waals surface area contributed by atoms with Gasteiger partial charge in [-0.15, -0.1) is 0 Å². The lowest BCUT2D eigenvalue weighted by Gasteiger charge is -2.31. The molecule has 0 aromatic heterocycles. The van der Waals surface area contributed by atoms with Crippen LogP contribution < -0.4 is 19.9 Å². The first-order chi connectivity index (χ1) is 10.2. The predicted octanol–water partition coefficient (Wildman–Crippen LogP) is 3.30. The van der Waals surface area contributed by atoms with Crippen LogP contribution in [0.1, 0.15) is 11.6 Å². The van der Waals surface area contributed by atoms with E-state index in [1.165, 1.54) is 0 Å². The van der Waals surface area contributed by atoms with Crippen molar-refractivity contribution in [2.75, 3.05) is 13.7 Å². The van der Waals surface area contributed by atoms with Crippen molar-refractivity contribution in [2.24, 2.45) is 5.73 Å². The van der Waals surface area contributed by atoms with Crippen LogP contribution in [0.2, 0.25) is 0 Å². The van der Waals surface area contributed by atoms with Gasteiger partial charge in [-0.1, -0.05) is 28.1 Å². The van der Waals surface area contributed by atoms with Crippen LogP contribution >= 0.6 is 15.9 Å². The highest BCUT2D eigenvalue weighted by molar-refractivity contribution is 9.10. The Balaban J connectivity index is 1.87. The predicted molar refractivity (Wildman–Crippen MR) is 84.0 cm³/mol. The molecule has 0 amide bonds. The van der Waals surface area contributed by atoms with Gasteiger partial charge in [0.25, 0.3) is 0 Å². The van der Waals surface area contributed by atoms with Gasteiger partial charge in [-0.2, -0.15) is 0 Å². The van der Waals surface area contributed by atoms with Gasteiger partial charge in [-0.05, 0) is 30.3 Å². The third-order valence-corrected chi connectivity index (χ3v) is 3.98. The zero-order valence-corrected chi connectivity index (χ0v) is 13.2. The molecule has 2 aromatic carbocycles. The molecule has 110 valence electrons. The summed E-state index contributed by atoms with van der Waals surface area (Å²) in [4.78, 5) is 0. The zero-order valence-electron chi connectivity index (χ0n) is 11.6. The van der Waals surface area contributed by atoms with Crippen molar-refractivity contribution in [3.8, 4) is 17.2 Å². The Kier molecular flexibility index (Phi) is 4.03. The van der Waals surface area contributed by atoms with Gasteiger partial charge in [0, 0.05) is 10.0 Å². The molecule has 2 N–H and O–H groups in total. The molecular weight excluding hydrogens is 334 g/mol. The minimum atomic E-state index is -0.342. The maximum Gasteiger partial charge on any atom is 0.161 e. The molecule has 2 aromatic rings. The van der Waals surface area contributed by atoms with Gasteiger partial charge in [0.2, 0.25) is 0 Å². The monoisotopic (exact) mass is 349 g/mol. The summed E-state index contributed by atoms with van der Waals surface area (Å²) in [6.45, 7) is 0.411. The van der Waals surface area contributed by atoms with Gasteiger partial charge in [-0.3, -0.25) is 0 Å². The second-order valence-corrected chi connectivity index (χ2v) is 5.74. The molecular formula is C16H16BrNO3. The molecule has 5 heteroatoms. The Morgan fingerprint density at radius 3 is 2.76 bits per heavy atom. The van der Waals surface area contributed by atoms with Gasteiger partial charge in [-0.25, -0.2) is 0 Å². The summed E-state index contributed by atoms with van der Waals surface area (Å²) in [5.41, 5.74) is 7.26. The molecule has 0 saturated heterocycles. The van der Waals surface area contributed by atoms with Crippen molar-refractivity contribution in [1.29, 1.82) is 0 Å². The average Bonchev–Trinajstić information content (AvgIpc) is 2.53. The molecule has 0 spiro atoms. The molecule has 2 unspecified atom stereocenters. The second-order valence-electron chi connectivity index (χ2n) is 4.83. The number of hydrogen-bond acceptors (Lipinski definition) is 4. The maximum atomic E-state index is 6.37. The smallest absolute Gasteiger partial charge is 0.161 e. The van der Waals surface area contributed by atoms with Crippen LogP contribution in [0.15, 0.2) is 46.9 Å². The molecule has 0 saturated carbocycles. The molecule has 0 aliphatic carbocycles. The standard InChI is InChI=1S/C16H16BrNO3/c1-19-12-7-6-10(17)8-11(12)16(18)15-9-20-13-4-2-3-5-14(13)21-15/h2-8,15-16H,9,18H2,1H3. The van der Waals surface area contributed by atoms with Crippen molar-refractivity contribution in [3.63, 3.8) is 0 Å². The number of para-hydroxylation sites is 2. The summed E-state index contributed by atoms with van der Waals surface area (Å²) in [6.07, 6.45) is -0.261. The van der Waals surface area contributed by atoms with E-state index in [9.17, 15) is 0 Å². The Bertz CT molecular complexity index is 647. The van der Waals surface area contributed by atoms with Crippen molar-refractivity contribution in [1.82, 2.24) is 0 Å². The van der Waals surface area contributed by atoms with E-state index in [1.807, 2.05) is 42.5 Å².